The molecule has 6 nitrogen and oxygen atoms in total. The standard InChI is InChI=1S/C22H19NO5/c1-13-19(25)16-8-5-9-17(22(26)27-12-18(24)23-15-10-11-15)21(16)28-20(13)14-6-3-2-4-7-14/h2-9,15H,10-12H2,1H3,(H,23,24). The van der Waals surface area contributed by atoms with Gasteiger partial charge >= 0.3 is 5.97 Å². The van der Waals surface area contributed by atoms with E-state index in [1.807, 2.05) is 30.3 Å². The minimum Gasteiger partial charge on any atom is -0.455 e. The first-order chi connectivity index (χ1) is 13.5. The average Bonchev–Trinajstić information content (AvgIpc) is 3.53. The number of hydrogen-bond donors (Lipinski definition) is 1. The van der Waals surface area contributed by atoms with Gasteiger partial charge in [0.05, 0.1) is 5.39 Å². The van der Waals surface area contributed by atoms with Gasteiger partial charge in [0.25, 0.3) is 5.91 Å². The summed E-state index contributed by atoms with van der Waals surface area (Å²) < 4.78 is 11.1. The average molecular weight is 377 g/mol. The molecule has 2 aromatic carbocycles. The van der Waals surface area contributed by atoms with Crippen molar-refractivity contribution in [3.8, 4) is 11.3 Å². The number of fused-ring (bicyclic) bond motifs is 1. The molecule has 1 aliphatic carbocycles. The third-order valence-electron chi connectivity index (χ3n) is 4.68. The molecule has 0 bridgehead atoms. The van der Waals surface area contributed by atoms with Crippen LogP contribution in [0, 0.1) is 6.92 Å². The maximum absolute atomic E-state index is 12.8. The molecule has 0 aliphatic heterocycles. The summed E-state index contributed by atoms with van der Waals surface area (Å²) in [5, 5.41) is 3.06. The summed E-state index contributed by atoms with van der Waals surface area (Å²) in [5.74, 6) is -0.634. The largest absolute Gasteiger partial charge is 0.455 e. The molecule has 6 heteroatoms. The highest BCUT2D eigenvalue weighted by atomic mass is 16.5. The Labute approximate surface area is 161 Å². The Morgan fingerprint density at radius 1 is 1.11 bits per heavy atom. The number of ether oxygens (including phenoxy) is 1. The molecular formula is C22H19NO5. The lowest BCUT2D eigenvalue weighted by Crippen LogP contribution is -2.30. The minimum absolute atomic E-state index is 0.117. The van der Waals surface area contributed by atoms with Crippen LogP contribution in [-0.4, -0.2) is 24.5 Å². The van der Waals surface area contributed by atoms with E-state index in [2.05, 4.69) is 5.32 Å². The van der Waals surface area contributed by atoms with Gasteiger partial charge in [0.15, 0.2) is 17.6 Å². The molecule has 1 aromatic heterocycles. The van der Waals surface area contributed by atoms with E-state index >= 15 is 0 Å². The van der Waals surface area contributed by atoms with Crippen molar-refractivity contribution in [3.05, 3.63) is 69.9 Å². The predicted molar refractivity (Wildman–Crippen MR) is 104 cm³/mol. The summed E-state index contributed by atoms with van der Waals surface area (Å²) in [7, 11) is 0. The Bertz CT molecular complexity index is 1110. The first-order valence-electron chi connectivity index (χ1n) is 9.13. The van der Waals surface area contributed by atoms with E-state index in [1.54, 1.807) is 19.1 Å². The molecule has 1 N–H and O–H groups in total. The van der Waals surface area contributed by atoms with Crippen molar-refractivity contribution in [1.82, 2.24) is 5.32 Å². The molecular weight excluding hydrogens is 358 g/mol. The molecule has 28 heavy (non-hydrogen) atoms. The van der Waals surface area contributed by atoms with Crippen molar-refractivity contribution < 1.29 is 18.7 Å². The molecule has 0 spiro atoms. The molecule has 1 saturated carbocycles. The first kappa shape index (κ1) is 18.0. The van der Waals surface area contributed by atoms with E-state index < -0.39 is 5.97 Å². The SMILES string of the molecule is Cc1c(-c2ccccc2)oc2c(C(=O)OCC(=O)NC3CC3)cccc2c1=O. The summed E-state index contributed by atoms with van der Waals surface area (Å²) in [5.41, 5.74) is 1.27. The van der Waals surface area contributed by atoms with Crippen LogP contribution in [-0.2, 0) is 9.53 Å². The molecule has 142 valence electrons. The van der Waals surface area contributed by atoms with Gasteiger partial charge in [-0.05, 0) is 31.9 Å². The molecule has 1 amide bonds. The van der Waals surface area contributed by atoms with Gasteiger partial charge < -0.3 is 14.5 Å². The second kappa shape index (κ2) is 7.31. The Morgan fingerprint density at radius 2 is 1.86 bits per heavy atom. The molecule has 0 radical (unpaired) electrons. The van der Waals surface area contributed by atoms with Crippen molar-refractivity contribution >= 4 is 22.8 Å². The van der Waals surface area contributed by atoms with Gasteiger partial charge in [0.2, 0.25) is 0 Å². The molecule has 3 aromatic rings. The van der Waals surface area contributed by atoms with Crippen LogP contribution in [0.1, 0.15) is 28.8 Å². The maximum Gasteiger partial charge on any atom is 0.342 e. The van der Waals surface area contributed by atoms with Gasteiger partial charge in [-0.1, -0.05) is 36.4 Å². The van der Waals surface area contributed by atoms with E-state index in [1.165, 1.54) is 6.07 Å². The summed E-state index contributed by atoms with van der Waals surface area (Å²) in [6, 6.07) is 14.2. The molecule has 0 unspecified atom stereocenters. The molecule has 4 rings (SSSR count). The zero-order valence-electron chi connectivity index (χ0n) is 15.4. The lowest BCUT2D eigenvalue weighted by Gasteiger charge is -2.10. The maximum atomic E-state index is 12.8. The Kier molecular flexibility index (Phi) is 4.69. The Balaban J connectivity index is 1.70. The second-order valence-electron chi connectivity index (χ2n) is 6.85. The summed E-state index contributed by atoms with van der Waals surface area (Å²) >= 11 is 0. The number of esters is 1. The van der Waals surface area contributed by atoms with E-state index in [4.69, 9.17) is 9.15 Å². The van der Waals surface area contributed by atoms with Crippen molar-refractivity contribution in [2.75, 3.05) is 6.61 Å². The second-order valence-corrected chi connectivity index (χ2v) is 6.85. The summed E-state index contributed by atoms with van der Waals surface area (Å²) in [6.45, 7) is 1.33. The Hall–Kier alpha value is -3.41. The number of benzene rings is 2. The fourth-order valence-corrected chi connectivity index (χ4v) is 3.04. The number of para-hydroxylation sites is 1. The molecule has 1 heterocycles. The van der Waals surface area contributed by atoms with Gasteiger partial charge in [0, 0.05) is 17.2 Å². The number of carbonyl (C=O) groups excluding carboxylic acids is 2. The van der Waals surface area contributed by atoms with Crippen molar-refractivity contribution in [1.29, 1.82) is 0 Å². The number of amides is 1. The molecule has 0 saturated heterocycles. The predicted octanol–water partition coefficient (Wildman–Crippen LogP) is 3.20. The van der Waals surface area contributed by atoms with Gasteiger partial charge in [-0.25, -0.2) is 4.79 Å². The summed E-state index contributed by atoms with van der Waals surface area (Å²) in [4.78, 5) is 37.1. The third kappa shape index (κ3) is 3.53. The minimum atomic E-state index is -0.706. The van der Waals surface area contributed by atoms with Crippen molar-refractivity contribution in [2.45, 2.75) is 25.8 Å². The monoisotopic (exact) mass is 377 g/mol. The van der Waals surface area contributed by atoms with Gasteiger partial charge in [-0.15, -0.1) is 0 Å². The van der Waals surface area contributed by atoms with E-state index in [9.17, 15) is 14.4 Å². The molecule has 1 fully saturated rings. The highest BCUT2D eigenvalue weighted by Crippen LogP contribution is 2.27. The van der Waals surface area contributed by atoms with Crippen molar-refractivity contribution in [3.63, 3.8) is 0 Å². The highest BCUT2D eigenvalue weighted by Gasteiger charge is 2.24. The normalized spacial score (nSPS) is 13.3. The zero-order chi connectivity index (χ0) is 19.7. The Morgan fingerprint density at radius 3 is 2.57 bits per heavy atom. The van der Waals surface area contributed by atoms with Gasteiger partial charge in [-0.2, -0.15) is 0 Å². The summed E-state index contributed by atoms with van der Waals surface area (Å²) in [6.07, 6.45) is 1.91. The topological polar surface area (TPSA) is 85.6 Å². The molecule has 1 aliphatic rings. The van der Waals surface area contributed by atoms with Crippen molar-refractivity contribution in [2.24, 2.45) is 0 Å². The van der Waals surface area contributed by atoms with Crippen LogP contribution in [0.5, 0.6) is 0 Å². The first-order valence-corrected chi connectivity index (χ1v) is 9.13. The highest BCUT2D eigenvalue weighted by molar-refractivity contribution is 6.02. The van der Waals surface area contributed by atoms with E-state index in [-0.39, 0.29) is 35.1 Å². The lowest BCUT2D eigenvalue weighted by molar-refractivity contribution is -0.124. The van der Waals surface area contributed by atoms with Crippen LogP contribution < -0.4 is 10.7 Å². The number of hydrogen-bond acceptors (Lipinski definition) is 5. The van der Waals surface area contributed by atoms with Crippen LogP contribution in [0.3, 0.4) is 0 Å². The lowest BCUT2D eigenvalue weighted by atomic mass is 10.0. The van der Waals surface area contributed by atoms with E-state index in [0.717, 1.165) is 18.4 Å². The van der Waals surface area contributed by atoms with Crippen LogP contribution >= 0.6 is 0 Å². The molecule has 0 atom stereocenters. The number of carbonyl (C=O) groups is 2. The quantitative estimate of drug-likeness (QED) is 0.690. The van der Waals surface area contributed by atoms with E-state index in [0.29, 0.717) is 16.7 Å². The fraction of sp³-hybridized carbons (Fsp3) is 0.227. The van der Waals surface area contributed by atoms with Gasteiger partial charge in [0.1, 0.15) is 11.3 Å². The van der Waals surface area contributed by atoms with Gasteiger partial charge in [-0.3, -0.25) is 9.59 Å². The smallest absolute Gasteiger partial charge is 0.342 e. The van der Waals surface area contributed by atoms with Crippen LogP contribution in [0.25, 0.3) is 22.3 Å². The third-order valence-corrected chi connectivity index (χ3v) is 4.68. The number of nitrogens with one attached hydrogen (secondary N) is 1. The number of rotatable bonds is 5. The fourth-order valence-electron chi connectivity index (χ4n) is 3.04. The van der Waals surface area contributed by atoms with Crippen LogP contribution in [0.15, 0.2) is 57.7 Å². The zero-order valence-corrected chi connectivity index (χ0v) is 15.4. The van der Waals surface area contributed by atoms with Crippen LogP contribution in [0.2, 0.25) is 0 Å². The van der Waals surface area contributed by atoms with Crippen LogP contribution in [0.4, 0.5) is 0 Å².